The maximum atomic E-state index is 12.0. The Hall–Kier alpha value is -2.24. The molecular weight excluding hydrogens is 302 g/mol. The zero-order valence-corrected chi connectivity index (χ0v) is 11.9. The fourth-order valence-electron chi connectivity index (χ4n) is 1.46. The molecule has 0 aliphatic heterocycles. The zero-order chi connectivity index (χ0) is 16.0. The van der Waals surface area contributed by atoms with Crippen molar-refractivity contribution >= 4 is 27.3 Å². The molecule has 0 spiro atoms. The number of anilines is 1. The number of rotatable bonds is 7. The number of sulfonamides is 1. The topological polar surface area (TPSA) is 156 Å². The number of carbonyl (C=O) groups excluding carboxylic acids is 1. The van der Waals surface area contributed by atoms with Gasteiger partial charge >= 0.3 is 0 Å². The molecule has 1 aromatic carbocycles. The molecule has 0 heterocycles. The average molecular weight is 317 g/mol. The molecule has 0 saturated carbocycles. The number of hydrazine groups is 1. The number of nitrogens with zero attached hydrogens (tertiary/aromatic N) is 1. The van der Waals surface area contributed by atoms with Crippen molar-refractivity contribution in [2.75, 3.05) is 18.5 Å². The molecule has 0 unspecified atom stereocenters. The second-order valence-corrected chi connectivity index (χ2v) is 5.73. The van der Waals surface area contributed by atoms with Crippen molar-refractivity contribution in [3.8, 4) is 0 Å². The Balaban J connectivity index is 2.88. The van der Waals surface area contributed by atoms with E-state index in [0.29, 0.717) is 0 Å². The lowest BCUT2D eigenvalue weighted by molar-refractivity contribution is -0.384. The van der Waals surface area contributed by atoms with Gasteiger partial charge in [-0.2, -0.15) is 0 Å². The third kappa shape index (κ3) is 4.66. The van der Waals surface area contributed by atoms with Gasteiger partial charge in [-0.25, -0.2) is 13.1 Å². The van der Waals surface area contributed by atoms with E-state index in [1.54, 1.807) is 0 Å². The minimum atomic E-state index is -3.85. The molecule has 0 aliphatic carbocycles. The number of nitro groups is 1. The van der Waals surface area contributed by atoms with Gasteiger partial charge in [0.25, 0.3) is 5.69 Å². The standard InChI is InChI=1S/C10H15N5O5S/c1-7(16)12-4-5-13-21(19,20)8-2-3-10(15(17)18)9(6-8)14-11/h2-3,6,13-14H,4-5,11H2,1H3,(H,12,16). The van der Waals surface area contributed by atoms with E-state index in [9.17, 15) is 23.3 Å². The number of hydrogen-bond donors (Lipinski definition) is 4. The summed E-state index contributed by atoms with van der Waals surface area (Å²) < 4.78 is 26.2. The Morgan fingerprint density at radius 2 is 2.05 bits per heavy atom. The van der Waals surface area contributed by atoms with Crippen molar-refractivity contribution in [1.29, 1.82) is 0 Å². The Bertz CT molecular complexity index is 645. The number of nitrogens with one attached hydrogen (secondary N) is 3. The molecule has 0 saturated heterocycles. The quantitative estimate of drug-likeness (QED) is 0.224. The summed E-state index contributed by atoms with van der Waals surface area (Å²) in [6, 6.07) is 3.19. The molecule has 116 valence electrons. The van der Waals surface area contributed by atoms with Crippen LogP contribution in [0, 0.1) is 10.1 Å². The molecule has 0 fully saturated rings. The summed E-state index contributed by atoms with van der Waals surface area (Å²) in [7, 11) is -3.85. The smallest absolute Gasteiger partial charge is 0.293 e. The van der Waals surface area contributed by atoms with Gasteiger partial charge in [0.1, 0.15) is 5.69 Å². The van der Waals surface area contributed by atoms with E-state index in [1.165, 1.54) is 6.92 Å². The van der Waals surface area contributed by atoms with Crippen molar-refractivity contribution in [2.24, 2.45) is 5.84 Å². The van der Waals surface area contributed by atoms with Crippen molar-refractivity contribution < 1.29 is 18.1 Å². The zero-order valence-electron chi connectivity index (χ0n) is 11.1. The predicted molar refractivity (Wildman–Crippen MR) is 74.8 cm³/mol. The Kier molecular flexibility index (Phi) is 5.58. The van der Waals surface area contributed by atoms with Gasteiger partial charge in [-0.1, -0.05) is 0 Å². The van der Waals surface area contributed by atoms with E-state index in [1.807, 2.05) is 0 Å². The van der Waals surface area contributed by atoms with Gasteiger partial charge in [-0.3, -0.25) is 20.8 Å². The summed E-state index contributed by atoms with van der Waals surface area (Å²) in [5, 5.41) is 13.1. The number of carbonyl (C=O) groups is 1. The average Bonchev–Trinajstić information content (AvgIpc) is 2.42. The van der Waals surface area contributed by atoms with Gasteiger partial charge < -0.3 is 10.7 Å². The van der Waals surface area contributed by atoms with Crippen LogP contribution in [0.15, 0.2) is 23.1 Å². The number of nitrogens with two attached hydrogens (primary N) is 1. The number of hydrogen-bond acceptors (Lipinski definition) is 7. The molecule has 0 bridgehead atoms. The van der Waals surface area contributed by atoms with Crippen LogP contribution in [-0.2, 0) is 14.8 Å². The van der Waals surface area contributed by atoms with E-state index >= 15 is 0 Å². The van der Waals surface area contributed by atoms with Crippen LogP contribution in [0.1, 0.15) is 6.92 Å². The molecular formula is C10H15N5O5S. The molecule has 11 heteroatoms. The van der Waals surface area contributed by atoms with Crippen LogP contribution < -0.4 is 21.3 Å². The molecule has 21 heavy (non-hydrogen) atoms. The largest absolute Gasteiger partial charge is 0.355 e. The van der Waals surface area contributed by atoms with Gasteiger partial charge in [-0.15, -0.1) is 0 Å². The first-order valence-corrected chi connectivity index (χ1v) is 7.25. The van der Waals surface area contributed by atoms with Crippen LogP contribution in [0.3, 0.4) is 0 Å². The number of benzene rings is 1. The Labute approximate surface area is 120 Å². The molecule has 1 aromatic rings. The third-order valence-corrected chi connectivity index (χ3v) is 3.88. The predicted octanol–water partition coefficient (Wildman–Crippen LogP) is -0.705. The highest BCUT2D eigenvalue weighted by Crippen LogP contribution is 2.26. The maximum Gasteiger partial charge on any atom is 0.293 e. The SMILES string of the molecule is CC(=O)NCCNS(=O)(=O)c1ccc([N+](=O)[O-])c(NN)c1. The van der Waals surface area contributed by atoms with Gasteiger partial charge in [0.2, 0.25) is 15.9 Å². The second-order valence-electron chi connectivity index (χ2n) is 3.96. The van der Waals surface area contributed by atoms with E-state index in [2.05, 4.69) is 15.5 Å². The molecule has 0 atom stereocenters. The van der Waals surface area contributed by atoms with Gasteiger partial charge in [0.15, 0.2) is 0 Å². The van der Waals surface area contributed by atoms with Crippen molar-refractivity contribution in [3.05, 3.63) is 28.3 Å². The van der Waals surface area contributed by atoms with Crippen LogP contribution in [0.4, 0.5) is 11.4 Å². The fraction of sp³-hybridized carbons (Fsp3) is 0.300. The van der Waals surface area contributed by atoms with Gasteiger partial charge in [-0.05, 0) is 12.1 Å². The van der Waals surface area contributed by atoms with Gasteiger partial charge in [0, 0.05) is 26.1 Å². The molecule has 10 nitrogen and oxygen atoms in total. The highest BCUT2D eigenvalue weighted by molar-refractivity contribution is 7.89. The van der Waals surface area contributed by atoms with E-state index in [4.69, 9.17) is 5.84 Å². The van der Waals surface area contributed by atoms with Crippen LogP contribution in [0.2, 0.25) is 0 Å². The summed E-state index contributed by atoms with van der Waals surface area (Å²) in [5.41, 5.74) is 1.62. The molecule has 0 aliphatic rings. The lowest BCUT2D eigenvalue weighted by Crippen LogP contribution is -2.33. The number of nitro benzene ring substituents is 1. The molecule has 0 aromatic heterocycles. The first kappa shape index (κ1) is 16.8. The summed E-state index contributed by atoms with van der Waals surface area (Å²) >= 11 is 0. The molecule has 5 N–H and O–H groups in total. The van der Waals surface area contributed by atoms with E-state index < -0.39 is 14.9 Å². The van der Waals surface area contributed by atoms with Gasteiger partial charge in [0.05, 0.1) is 9.82 Å². The van der Waals surface area contributed by atoms with Crippen LogP contribution in [0.5, 0.6) is 0 Å². The summed E-state index contributed by atoms with van der Waals surface area (Å²) in [4.78, 5) is 20.5. The highest BCUT2D eigenvalue weighted by atomic mass is 32.2. The van der Waals surface area contributed by atoms with Crippen LogP contribution in [0.25, 0.3) is 0 Å². The van der Waals surface area contributed by atoms with Crippen molar-refractivity contribution in [3.63, 3.8) is 0 Å². The van der Waals surface area contributed by atoms with Crippen LogP contribution >= 0.6 is 0 Å². The molecule has 1 rings (SSSR count). The maximum absolute atomic E-state index is 12.0. The van der Waals surface area contributed by atoms with Crippen LogP contribution in [-0.4, -0.2) is 32.3 Å². The Morgan fingerprint density at radius 1 is 1.38 bits per heavy atom. The third-order valence-electron chi connectivity index (χ3n) is 2.42. The minimum Gasteiger partial charge on any atom is -0.355 e. The van der Waals surface area contributed by atoms with Crippen molar-refractivity contribution in [2.45, 2.75) is 11.8 Å². The van der Waals surface area contributed by atoms with E-state index in [0.717, 1.165) is 18.2 Å². The number of amides is 1. The molecule has 0 radical (unpaired) electrons. The minimum absolute atomic E-state index is 0.00964. The van der Waals surface area contributed by atoms with E-state index in [-0.39, 0.29) is 35.3 Å². The highest BCUT2D eigenvalue weighted by Gasteiger charge is 2.19. The van der Waals surface area contributed by atoms with Crippen molar-refractivity contribution in [1.82, 2.24) is 10.0 Å². The lowest BCUT2D eigenvalue weighted by Gasteiger charge is -2.09. The summed E-state index contributed by atoms with van der Waals surface area (Å²) in [5.74, 6) is 4.86. The number of nitrogen functional groups attached to an aromatic ring is 1. The first-order chi connectivity index (χ1) is 9.77. The monoisotopic (exact) mass is 317 g/mol. The first-order valence-electron chi connectivity index (χ1n) is 5.77. The fourth-order valence-corrected chi connectivity index (χ4v) is 2.52. The molecule has 1 amide bonds. The summed E-state index contributed by atoms with van der Waals surface area (Å²) in [6.07, 6.45) is 0. The Morgan fingerprint density at radius 3 is 2.57 bits per heavy atom. The lowest BCUT2D eigenvalue weighted by atomic mass is 10.3. The summed E-state index contributed by atoms with van der Waals surface area (Å²) in [6.45, 7) is 1.43. The second kappa shape index (κ2) is 6.97. The normalized spacial score (nSPS) is 11.0.